The van der Waals surface area contributed by atoms with Crippen LogP contribution in [0.5, 0.6) is 5.75 Å². The molecule has 0 radical (unpaired) electrons. The number of carbonyl (C=O) groups excluding carboxylic acids is 1. The van der Waals surface area contributed by atoms with Gasteiger partial charge in [-0.05, 0) is 22.0 Å². The van der Waals surface area contributed by atoms with Crippen molar-refractivity contribution in [1.82, 2.24) is 5.32 Å². The second kappa shape index (κ2) is 4.84. The third kappa shape index (κ3) is 2.20. The molecule has 2 rings (SSSR count). The number of rotatable bonds is 2. The number of hydrogen-bond donors (Lipinski definition) is 1. The standard InChI is InChI=1S/C11H12BrNO3/c1-15-11-7(3-2-4-8(11)12)9-5-13-10(14)6-16-9/h2-4,9H,5-6H2,1H3,(H,13,14)/t9-/m1/s1. The predicted molar refractivity (Wildman–Crippen MR) is 62.4 cm³/mol. The number of benzene rings is 1. The number of amides is 1. The fraction of sp³-hybridized carbons (Fsp3) is 0.364. The highest BCUT2D eigenvalue weighted by atomic mass is 79.9. The number of methoxy groups -OCH3 is 1. The van der Waals surface area contributed by atoms with E-state index in [1.807, 2.05) is 18.2 Å². The van der Waals surface area contributed by atoms with Crippen LogP contribution in [0.25, 0.3) is 0 Å². The zero-order valence-corrected chi connectivity index (χ0v) is 10.4. The van der Waals surface area contributed by atoms with Crippen molar-refractivity contribution >= 4 is 21.8 Å². The van der Waals surface area contributed by atoms with E-state index in [4.69, 9.17) is 9.47 Å². The first-order chi connectivity index (χ1) is 7.72. The summed E-state index contributed by atoms with van der Waals surface area (Å²) in [4.78, 5) is 11.0. The number of ether oxygens (including phenoxy) is 2. The van der Waals surface area contributed by atoms with Gasteiger partial charge >= 0.3 is 0 Å². The second-order valence-electron chi connectivity index (χ2n) is 3.47. The van der Waals surface area contributed by atoms with Gasteiger partial charge in [-0.3, -0.25) is 4.79 Å². The Labute approximate surface area is 102 Å². The van der Waals surface area contributed by atoms with E-state index in [0.717, 1.165) is 15.8 Å². The molecule has 1 amide bonds. The zero-order valence-electron chi connectivity index (χ0n) is 8.83. The topological polar surface area (TPSA) is 47.6 Å². The Morgan fingerprint density at radius 2 is 2.38 bits per heavy atom. The van der Waals surface area contributed by atoms with Crippen LogP contribution in [-0.4, -0.2) is 26.2 Å². The lowest BCUT2D eigenvalue weighted by Gasteiger charge is -2.25. The first-order valence-electron chi connectivity index (χ1n) is 4.93. The Hall–Kier alpha value is -1.07. The number of morpholine rings is 1. The number of carbonyl (C=O) groups is 1. The number of nitrogens with one attached hydrogen (secondary N) is 1. The molecule has 0 spiro atoms. The molecule has 5 heteroatoms. The molecular formula is C11H12BrNO3. The molecule has 1 aromatic rings. The van der Waals surface area contributed by atoms with Crippen LogP contribution in [0.3, 0.4) is 0 Å². The quantitative estimate of drug-likeness (QED) is 0.899. The molecule has 1 aromatic carbocycles. The van der Waals surface area contributed by atoms with Crippen LogP contribution in [0.4, 0.5) is 0 Å². The van der Waals surface area contributed by atoms with E-state index >= 15 is 0 Å². The monoisotopic (exact) mass is 285 g/mol. The minimum atomic E-state index is -0.148. The Kier molecular flexibility index (Phi) is 3.46. The van der Waals surface area contributed by atoms with Gasteiger partial charge in [-0.2, -0.15) is 0 Å². The van der Waals surface area contributed by atoms with Crippen LogP contribution in [0.2, 0.25) is 0 Å². The van der Waals surface area contributed by atoms with Gasteiger partial charge in [-0.25, -0.2) is 0 Å². The minimum absolute atomic E-state index is 0.0785. The lowest BCUT2D eigenvalue weighted by atomic mass is 10.1. The van der Waals surface area contributed by atoms with Crippen molar-refractivity contribution in [2.45, 2.75) is 6.10 Å². The van der Waals surface area contributed by atoms with E-state index in [9.17, 15) is 4.79 Å². The molecule has 0 aliphatic carbocycles. The Morgan fingerprint density at radius 3 is 3.00 bits per heavy atom. The Morgan fingerprint density at radius 1 is 1.56 bits per heavy atom. The molecule has 1 saturated heterocycles. The molecule has 1 heterocycles. The van der Waals surface area contributed by atoms with E-state index in [1.54, 1.807) is 7.11 Å². The molecule has 1 N–H and O–H groups in total. The summed E-state index contributed by atoms with van der Waals surface area (Å²) in [5.74, 6) is 0.675. The molecule has 1 aliphatic rings. The molecule has 1 atom stereocenters. The van der Waals surface area contributed by atoms with Crippen molar-refractivity contribution in [1.29, 1.82) is 0 Å². The van der Waals surface area contributed by atoms with Crippen LogP contribution >= 0.6 is 15.9 Å². The highest BCUT2D eigenvalue weighted by Gasteiger charge is 2.23. The van der Waals surface area contributed by atoms with Gasteiger partial charge in [0, 0.05) is 12.1 Å². The van der Waals surface area contributed by atoms with E-state index in [-0.39, 0.29) is 18.6 Å². The highest BCUT2D eigenvalue weighted by Crippen LogP contribution is 2.34. The molecule has 0 unspecified atom stereocenters. The minimum Gasteiger partial charge on any atom is -0.495 e. The maximum atomic E-state index is 11.0. The molecule has 4 nitrogen and oxygen atoms in total. The summed E-state index contributed by atoms with van der Waals surface area (Å²) in [7, 11) is 1.62. The summed E-state index contributed by atoms with van der Waals surface area (Å²) in [6.07, 6.45) is -0.148. The van der Waals surface area contributed by atoms with Crippen LogP contribution in [-0.2, 0) is 9.53 Å². The van der Waals surface area contributed by atoms with Crippen molar-refractivity contribution in [3.05, 3.63) is 28.2 Å². The van der Waals surface area contributed by atoms with E-state index < -0.39 is 0 Å². The van der Waals surface area contributed by atoms with Crippen LogP contribution in [0, 0.1) is 0 Å². The predicted octanol–water partition coefficient (Wildman–Crippen LogP) is 1.65. The molecule has 1 aliphatic heterocycles. The molecule has 16 heavy (non-hydrogen) atoms. The van der Waals surface area contributed by atoms with Crippen molar-refractivity contribution in [2.75, 3.05) is 20.3 Å². The maximum absolute atomic E-state index is 11.0. The van der Waals surface area contributed by atoms with Crippen LogP contribution < -0.4 is 10.1 Å². The van der Waals surface area contributed by atoms with E-state index in [0.29, 0.717) is 6.54 Å². The lowest BCUT2D eigenvalue weighted by Crippen LogP contribution is -2.38. The zero-order chi connectivity index (χ0) is 11.5. The number of para-hydroxylation sites is 1. The van der Waals surface area contributed by atoms with Crippen molar-refractivity contribution in [2.24, 2.45) is 0 Å². The first-order valence-corrected chi connectivity index (χ1v) is 5.72. The average molecular weight is 286 g/mol. The van der Waals surface area contributed by atoms with Crippen LogP contribution in [0.1, 0.15) is 11.7 Å². The third-order valence-corrected chi connectivity index (χ3v) is 3.07. The normalized spacial score (nSPS) is 20.4. The van der Waals surface area contributed by atoms with Gasteiger partial charge in [0.2, 0.25) is 5.91 Å². The first kappa shape index (κ1) is 11.4. The van der Waals surface area contributed by atoms with Gasteiger partial charge in [0.15, 0.2) is 0 Å². The number of hydrogen-bond acceptors (Lipinski definition) is 3. The van der Waals surface area contributed by atoms with Gasteiger partial charge in [0.05, 0.1) is 11.6 Å². The highest BCUT2D eigenvalue weighted by molar-refractivity contribution is 9.10. The maximum Gasteiger partial charge on any atom is 0.246 e. The number of halogens is 1. The summed E-state index contributed by atoms with van der Waals surface area (Å²) >= 11 is 3.42. The van der Waals surface area contributed by atoms with Crippen molar-refractivity contribution in [3.8, 4) is 5.75 Å². The average Bonchev–Trinajstić information content (AvgIpc) is 2.30. The lowest BCUT2D eigenvalue weighted by molar-refractivity contribution is -0.133. The third-order valence-electron chi connectivity index (χ3n) is 2.45. The molecule has 0 bridgehead atoms. The fourth-order valence-corrected chi connectivity index (χ4v) is 2.23. The van der Waals surface area contributed by atoms with Crippen molar-refractivity contribution in [3.63, 3.8) is 0 Å². The summed E-state index contributed by atoms with van der Waals surface area (Å²) in [6, 6.07) is 5.76. The van der Waals surface area contributed by atoms with Gasteiger partial charge in [0.1, 0.15) is 18.5 Å². The van der Waals surface area contributed by atoms with E-state index in [2.05, 4.69) is 21.2 Å². The Bertz CT molecular complexity index is 398. The molecular weight excluding hydrogens is 274 g/mol. The summed E-state index contributed by atoms with van der Waals surface area (Å²) < 4.78 is 11.7. The van der Waals surface area contributed by atoms with E-state index in [1.165, 1.54) is 0 Å². The Balaban J connectivity index is 2.26. The second-order valence-corrected chi connectivity index (χ2v) is 4.32. The van der Waals surface area contributed by atoms with Crippen molar-refractivity contribution < 1.29 is 14.3 Å². The van der Waals surface area contributed by atoms with Gasteiger partial charge < -0.3 is 14.8 Å². The van der Waals surface area contributed by atoms with Gasteiger partial charge in [-0.15, -0.1) is 0 Å². The molecule has 86 valence electrons. The van der Waals surface area contributed by atoms with Gasteiger partial charge in [-0.1, -0.05) is 12.1 Å². The van der Waals surface area contributed by atoms with Gasteiger partial charge in [0.25, 0.3) is 0 Å². The molecule has 1 fully saturated rings. The SMILES string of the molecule is COc1c(Br)cccc1[C@H]1CNC(=O)CO1. The van der Waals surface area contributed by atoms with Crippen LogP contribution in [0.15, 0.2) is 22.7 Å². The summed E-state index contributed by atoms with van der Waals surface area (Å²) in [5, 5.41) is 2.77. The summed E-state index contributed by atoms with van der Waals surface area (Å²) in [6.45, 7) is 0.575. The molecule has 0 saturated carbocycles. The largest absolute Gasteiger partial charge is 0.495 e. The molecule has 0 aromatic heterocycles. The fourth-order valence-electron chi connectivity index (χ4n) is 1.69. The summed E-state index contributed by atoms with van der Waals surface area (Å²) in [5.41, 5.74) is 0.942. The smallest absolute Gasteiger partial charge is 0.246 e.